The molecule has 1 unspecified atom stereocenters. The summed E-state index contributed by atoms with van der Waals surface area (Å²) < 4.78 is 68.0. The predicted molar refractivity (Wildman–Crippen MR) is 193 cm³/mol. The second kappa shape index (κ2) is 18.4. The second-order valence-corrected chi connectivity index (χ2v) is 15.1. The van der Waals surface area contributed by atoms with Crippen LogP contribution >= 0.6 is 31.9 Å². The molecule has 17 heteroatoms. The SMILES string of the molecule is CCCCCCCCCC(C(=O)ON1C(=O)CCC1=O)[n+]1c2ccccc2c(C(=O)Oc2c(Br)cccc2Br)c2ccccc21.O=S(=O)([O-])C(F)(F)F. The molecule has 11 nitrogen and oxygen atoms in total. The summed E-state index contributed by atoms with van der Waals surface area (Å²) in [6, 6.07) is 19.3. The topological polar surface area (TPSA) is 151 Å². The number of hydroxylamine groups is 2. The Morgan fingerprint density at radius 2 is 1.30 bits per heavy atom. The van der Waals surface area contributed by atoms with Crippen molar-refractivity contribution in [1.29, 1.82) is 0 Å². The van der Waals surface area contributed by atoms with Crippen molar-refractivity contribution in [1.82, 2.24) is 5.06 Å². The van der Waals surface area contributed by atoms with Crippen LogP contribution < -0.4 is 9.30 Å². The van der Waals surface area contributed by atoms with Crippen LogP contribution in [0.1, 0.15) is 87.5 Å². The molecular formula is C36H35Br2F3N2O9S. The van der Waals surface area contributed by atoms with Crippen LogP contribution in [0.4, 0.5) is 13.2 Å². The van der Waals surface area contributed by atoms with Crippen LogP contribution in [-0.2, 0) is 29.3 Å². The normalized spacial score (nSPS) is 13.9. The number of imide groups is 1. The summed E-state index contributed by atoms with van der Waals surface area (Å²) in [5, 5.41) is 1.79. The number of ether oxygens (including phenoxy) is 1. The van der Waals surface area contributed by atoms with E-state index < -0.39 is 45.4 Å². The van der Waals surface area contributed by atoms with Crippen molar-refractivity contribution in [2.75, 3.05) is 0 Å². The summed E-state index contributed by atoms with van der Waals surface area (Å²) in [6.45, 7) is 2.18. The lowest BCUT2D eigenvalue weighted by Gasteiger charge is -2.19. The molecule has 1 atom stereocenters. The third-order valence-electron chi connectivity index (χ3n) is 8.32. The molecule has 0 aliphatic carbocycles. The molecule has 0 bridgehead atoms. The number of unbranched alkanes of at least 4 members (excludes halogenated alkanes) is 6. The molecule has 1 fully saturated rings. The number of nitrogens with zero attached hydrogens (tertiary/aromatic N) is 2. The van der Waals surface area contributed by atoms with Gasteiger partial charge in [0.2, 0.25) is 11.0 Å². The van der Waals surface area contributed by atoms with Gasteiger partial charge >= 0.3 is 17.4 Å². The van der Waals surface area contributed by atoms with Gasteiger partial charge in [-0.3, -0.25) is 9.59 Å². The zero-order valence-corrected chi connectivity index (χ0v) is 32.4. The number of hydrogen-bond acceptors (Lipinski definition) is 9. The average molecular weight is 889 g/mol. The third kappa shape index (κ3) is 10.4. The predicted octanol–water partition coefficient (Wildman–Crippen LogP) is 8.37. The van der Waals surface area contributed by atoms with Crippen LogP contribution in [0, 0.1) is 0 Å². The highest BCUT2D eigenvalue weighted by molar-refractivity contribution is 9.11. The Bertz CT molecular complexity index is 2020. The van der Waals surface area contributed by atoms with E-state index in [1.165, 1.54) is 19.3 Å². The molecule has 1 aromatic heterocycles. The highest BCUT2D eigenvalue weighted by Gasteiger charge is 2.41. The first kappa shape index (κ1) is 41.8. The van der Waals surface area contributed by atoms with Gasteiger partial charge in [-0.15, -0.1) is 5.06 Å². The lowest BCUT2D eigenvalue weighted by Crippen LogP contribution is -2.48. The van der Waals surface area contributed by atoms with Gasteiger partial charge in [-0.05, 0) is 62.5 Å². The first-order chi connectivity index (χ1) is 25.1. The van der Waals surface area contributed by atoms with Gasteiger partial charge in [0.15, 0.2) is 15.9 Å². The maximum atomic E-state index is 13.9. The Hall–Kier alpha value is -3.93. The summed E-state index contributed by atoms with van der Waals surface area (Å²) >= 11 is 6.94. The molecule has 53 heavy (non-hydrogen) atoms. The van der Waals surface area contributed by atoms with Gasteiger partial charge in [0.25, 0.3) is 17.9 Å². The minimum absolute atomic E-state index is 0.0119. The number of hydrogen-bond donors (Lipinski definition) is 0. The minimum atomic E-state index is -6.09. The Labute approximate surface area is 320 Å². The monoisotopic (exact) mass is 886 g/mol. The van der Waals surface area contributed by atoms with Crippen molar-refractivity contribution in [2.45, 2.75) is 82.7 Å². The summed E-state index contributed by atoms with van der Waals surface area (Å²) in [5.41, 5.74) is -4.04. The summed E-state index contributed by atoms with van der Waals surface area (Å²) in [6.07, 6.45) is 7.84. The summed E-state index contributed by atoms with van der Waals surface area (Å²) in [7, 11) is -6.09. The number of amides is 2. The smallest absolute Gasteiger partial charge is 0.485 e. The molecule has 284 valence electrons. The molecule has 1 aliphatic rings. The molecule has 0 radical (unpaired) electrons. The van der Waals surface area contributed by atoms with Crippen LogP contribution in [0.15, 0.2) is 75.7 Å². The number of para-hydroxylation sites is 3. The molecule has 0 spiro atoms. The van der Waals surface area contributed by atoms with Crippen molar-refractivity contribution in [3.63, 3.8) is 0 Å². The van der Waals surface area contributed by atoms with Gasteiger partial charge in [-0.1, -0.05) is 75.8 Å². The van der Waals surface area contributed by atoms with Gasteiger partial charge in [0, 0.05) is 31.4 Å². The molecule has 0 saturated carbocycles. The van der Waals surface area contributed by atoms with E-state index in [-0.39, 0.29) is 12.8 Å². The average Bonchev–Trinajstić information content (AvgIpc) is 3.41. The van der Waals surface area contributed by atoms with E-state index >= 15 is 0 Å². The Balaban J connectivity index is 0.000000703. The number of rotatable bonds is 13. The highest BCUT2D eigenvalue weighted by Crippen LogP contribution is 2.35. The summed E-state index contributed by atoms with van der Waals surface area (Å²) in [4.78, 5) is 58.1. The largest absolute Gasteiger partial charge is 0.741 e. The summed E-state index contributed by atoms with van der Waals surface area (Å²) in [5.74, 6) is -1.95. The van der Waals surface area contributed by atoms with E-state index in [4.69, 9.17) is 22.5 Å². The molecule has 0 N–H and O–H groups in total. The van der Waals surface area contributed by atoms with E-state index in [1.54, 1.807) is 12.1 Å². The van der Waals surface area contributed by atoms with Crippen LogP contribution in [0.3, 0.4) is 0 Å². The number of benzene rings is 3. The van der Waals surface area contributed by atoms with Crippen molar-refractivity contribution < 1.29 is 59.5 Å². The van der Waals surface area contributed by atoms with E-state index in [2.05, 4.69) is 38.8 Å². The fraction of sp³-hybridized carbons (Fsp3) is 0.361. The first-order valence-corrected chi connectivity index (χ1v) is 19.7. The van der Waals surface area contributed by atoms with E-state index in [9.17, 15) is 32.3 Å². The fourth-order valence-electron chi connectivity index (χ4n) is 5.80. The Morgan fingerprint density at radius 3 is 1.79 bits per heavy atom. The third-order valence-corrected chi connectivity index (χ3v) is 10.1. The van der Waals surface area contributed by atoms with Gasteiger partial charge in [0.05, 0.1) is 25.3 Å². The molecule has 1 aliphatic heterocycles. The molecule has 4 aromatic rings. The minimum Gasteiger partial charge on any atom is -0.741 e. The maximum absolute atomic E-state index is 13.9. The molecule has 1 saturated heterocycles. The molecule has 5 rings (SSSR count). The highest BCUT2D eigenvalue weighted by atomic mass is 79.9. The van der Waals surface area contributed by atoms with Gasteiger partial charge in [0.1, 0.15) is 0 Å². The van der Waals surface area contributed by atoms with Crippen molar-refractivity contribution in [3.8, 4) is 5.75 Å². The van der Waals surface area contributed by atoms with Gasteiger partial charge in [-0.25, -0.2) is 18.0 Å². The zero-order chi connectivity index (χ0) is 38.9. The molecular weight excluding hydrogens is 853 g/mol. The van der Waals surface area contributed by atoms with Crippen LogP contribution in [0.25, 0.3) is 21.8 Å². The van der Waals surface area contributed by atoms with Crippen molar-refractivity contribution in [3.05, 3.63) is 81.2 Å². The number of fused-ring (bicyclic) bond motifs is 2. The molecule has 3 aromatic carbocycles. The fourth-order valence-corrected chi connectivity index (χ4v) is 6.96. The second-order valence-electron chi connectivity index (χ2n) is 12.0. The lowest BCUT2D eigenvalue weighted by atomic mass is 9.99. The zero-order valence-electron chi connectivity index (χ0n) is 28.4. The quantitative estimate of drug-likeness (QED) is 0.0189. The first-order valence-electron chi connectivity index (χ1n) is 16.7. The van der Waals surface area contributed by atoms with Gasteiger partial charge < -0.3 is 14.1 Å². The number of pyridine rings is 1. The van der Waals surface area contributed by atoms with E-state index in [1.807, 2.05) is 59.2 Å². The Morgan fingerprint density at radius 1 is 0.830 bits per heavy atom. The Kier molecular flexibility index (Phi) is 14.5. The van der Waals surface area contributed by atoms with Crippen LogP contribution in [-0.4, -0.2) is 47.3 Å². The van der Waals surface area contributed by atoms with Gasteiger partial charge in [-0.2, -0.15) is 17.7 Å². The van der Waals surface area contributed by atoms with E-state index in [0.717, 1.165) is 25.7 Å². The standard InChI is InChI=1S/C35H35Br2N2O6.CHF3O3S/c1-2-3-4-5-6-7-8-20-29(34(42)45-39-30(40)21-22-31(39)41)38-27-18-11-9-14-23(27)32(24-15-10-12-19-28(24)38)35(43)44-33-25(36)16-13-17-26(33)37;2-1(3,4)8(5,6)7/h9-19,29H,2-8,20-22H2,1H3;(H,5,6,7)/q+1;/p-1. The van der Waals surface area contributed by atoms with Crippen molar-refractivity contribution >= 4 is 87.5 Å². The number of carbonyl (C=O) groups is 4. The van der Waals surface area contributed by atoms with Crippen LogP contribution in [0.5, 0.6) is 5.75 Å². The number of esters is 1. The number of alkyl halides is 3. The molecule has 2 amide bonds. The lowest BCUT2D eigenvalue weighted by molar-refractivity contribution is -0.662. The number of halogens is 5. The number of aromatic nitrogens is 1. The maximum Gasteiger partial charge on any atom is 0.485 e. The molecule has 2 heterocycles. The van der Waals surface area contributed by atoms with Crippen molar-refractivity contribution in [2.24, 2.45) is 0 Å². The number of carbonyl (C=O) groups excluding carboxylic acids is 4. The van der Waals surface area contributed by atoms with E-state index in [0.29, 0.717) is 53.5 Å². The van der Waals surface area contributed by atoms with Crippen LogP contribution in [0.2, 0.25) is 0 Å².